The van der Waals surface area contributed by atoms with Crippen molar-refractivity contribution >= 4 is 0 Å². The van der Waals surface area contributed by atoms with E-state index in [1.807, 2.05) is 0 Å². The SMILES string of the molecule is C#CCCCC(Cc1ccc(C)c(C)c1)NCCC. The zero-order valence-corrected chi connectivity index (χ0v) is 12.6. The molecule has 1 heteroatoms. The van der Waals surface area contributed by atoms with Crippen LogP contribution >= 0.6 is 0 Å². The summed E-state index contributed by atoms with van der Waals surface area (Å²) in [6.07, 6.45) is 10.8. The lowest BCUT2D eigenvalue weighted by atomic mass is 9.98. The molecule has 104 valence electrons. The van der Waals surface area contributed by atoms with Crippen molar-refractivity contribution in [3.05, 3.63) is 34.9 Å². The number of hydrogen-bond acceptors (Lipinski definition) is 1. The Kier molecular flexibility index (Phi) is 7.30. The Hall–Kier alpha value is -1.26. The van der Waals surface area contributed by atoms with E-state index in [1.165, 1.54) is 23.1 Å². The Bertz CT molecular complexity index is 414. The summed E-state index contributed by atoms with van der Waals surface area (Å²) in [4.78, 5) is 0. The lowest BCUT2D eigenvalue weighted by Crippen LogP contribution is -2.31. The van der Waals surface area contributed by atoms with Gasteiger partial charge >= 0.3 is 0 Å². The highest BCUT2D eigenvalue weighted by atomic mass is 14.9. The van der Waals surface area contributed by atoms with E-state index in [-0.39, 0.29) is 0 Å². The number of benzene rings is 1. The molecule has 0 saturated carbocycles. The molecule has 1 aromatic rings. The van der Waals surface area contributed by atoms with Crippen LogP contribution in [-0.4, -0.2) is 12.6 Å². The molecule has 0 bridgehead atoms. The van der Waals surface area contributed by atoms with E-state index >= 15 is 0 Å². The van der Waals surface area contributed by atoms with Crippen LogP contribution in [-0.2, 0) is 6.42 Å². The fourth-order valence-electron chi connectivity index (χ4n) is 2.29. The minimum absolute atomic E-state index is 0.551. The van der Waals surface area contributed by atoms with Crippen LogP contribution in [0.2, 0.25) is 0 Å². The molecule has 1 atom stereocenters. The molecule has 1 aromatic carbocycles. The highest BCUT2D eigenvalue weighted by Crippen LogP contribution is 2.14. The van der Waals surface area contributed by atoms with Gasteiger partial charge in [0, 0.05) is 12.5 Å². The van der Waals surface area contributed by atoms with Crippen LogP contribution in [0, 0.1) is 26.2 Å². The topological polar surface area (TPSA) is 12.0 Å². The van der Waals surface area contributed by atoms with Crippen molar-refractivity contribution in [2.75, 3.05) is 6.54 Å². The largest absolute Gasteiger partial charge is 0.314 e. The van der Waals surface area contributed by atoms with Crippen LogP contribution in [0.3, 0.4) is 0 Å². The maximum absolute atomic E-state index is 5.33. The van der Waals surface area contributed by atoms with E-state index < -0.39 is 0 Å². The highest BCUT2D eigenvalue weighted by molar-refractivity contribution is 5.30. The van der Waals surface area contributed by atoms with Gasteiger partial charge in [0.2, 0.25) is 0 Å². The van der Waals surface area contributed by atoms with Gasteiger partial charge in [0.15, 0.2) is 0 Å². The van der Waals surface area contributed by atoms with Crippen LogP contribution < -0.4 is 5.32 Å². The van der Waals surface area contributed by atoms with E-state index in [9.17, 15) is 0 Å². The second-order valence-corrected chi connectivity index (χ2v) is 5.37. The average molecular weight is 257 g/mol. The molecule has 0 heterocycles. The van der Waals surface area contributed by atoms with Gasteiger partial charge in [-0.2, -0.15) is 0 Å². The summed E-state index contributed by atoms with van der Waals surface area (Å²) in [7, 11) is 0. The minimum Gasteiger partial charge on any atom is -0.314 e. The van der Waals surface area contributed by atoms with Crippen molar-refractivity contribution in [2.24, 2.45) is 0 Å². The Morgan fingerprint density at radius 3 is 2.68 bits per heavy atom. The molecular weight excluding hydrogens is 230 g/mol. The molecule has 0 saturated heterocycles. The Labute approximate surface area is 118 Å². The molecule has 0 spiro atoms. The molecule has 0 aromatic heterocycles. The molecule has 19 heavy (non-hydrogen) atoms. The second-order valence-electron chi connectivity index (χ2n) is 5.37. The first-order valence-corrected chi connectivity index (χ1v) is 7.40. The lowest BCUT2D eigenvalue weighted by molar-refractivity contribution is 0.467. The van der Waals surface area contributed by atoms with Gasteiger partial charge in [0.05, 0.1) is 0 Å². The summed E-state index contributed by atoms with van der Waals surface area (Å²) < 4.78 is 0. The molecular formula is C18H27N. The van der Waals surface area contributed by atoms with E-state index in [0.29, 0.717) is 6.04 Å². The molecule has 1 rings (SSSR count). The van der Waals surface area contributed by atoms with Crippen LogP contribution in [0.25, 0.3) is 0 Å². The van der Waals surface area contributed by atoms with Crippen molar-refractivity contribution in [3.8, 4) is 12.3 Å². The Morgan fingerprint density at radius 1 is 1.26 bits per heavy atom. The smallest absolute Gasteiger partial charge is 0.0108 e. The molecule has 0 aliphatic rings. The molecule has 1 N–H and O–H groups in total. The van der Waals surface area contributed by atoms with Gasteiger partial charge < -0.3 is 5.32 Å². The lowest BCUT2D eigenvalue weighted by Gasteiger charge is -2.19. The molecule has 0 aliphatic carbocycles. The predicted molar refractivity (Wildman–Crippen MR) is 84.4 cm³/mol. The number of nitrogens with one attached hydrogen (secondary N) is 1. The Morgan fingerprint density at radius 2 is 2.05 bits per heavy atom. The van der Waals surface area contributed by atoms with Crippen LogP contribution in [0.5, 0.6) is 0 Å². The quantitative estimate of drug-likeness (QED) is 0.548. The van der Waals surface area contributed by atoms with Gasteiger partial charge in [-0.15, -0.1) is 12.3 Å². The summed E-state index contributed by atoms with van der Waals surface area (Å²) in [5.74, 6) is 2.73. The first-order chi connectivity index (χ1) is 9.17. The summed E-state index contributed by atoms with van der Waals surface area (Å²) in [5.41, 5.74) is 4.18. The number of hydrogen-bond donors (Lipinski definition) is 1. The minimum atomic E-state index is 0.551. The first kappa shape index (κ1) is 15.8. The zero-order valence-electron chi connectivity index (χ0n) is 12.6. The highest BCUT2D eigenvalue weighted by Gasteiger charge is 2.09. The zero-order chi connectivity index (χ0) is 14.1. The molecule has 0 amide bonds. The molecule has 0 fully saturated rings. The van der Waals surface area contributed by atoms with Crippen LogP contribution in [0.1, 0.15) is 49.3 Å². The molecule has 1 unspecified atom stereocenters. The molecule has 1 nitrogen and oxygen atoms in total. The predicted octanol–water partition coefficient (Wildman–Crippen LogP) is 4.02. The summed E-state index contributed by atoms with van der Waals surface area (Å²) in [6, 6.07) is 7.35. The second kappa shape index (κ2) is 8.77. The van der Waals surface area contributed by atoms with Crippen molar-refractivity contribution in [1.29, 1.82) is 0 Å². The van der Waals surface area contributed by atoms with E-state index in [0.717, 1.165) is 32.2 Å². The average Bonchev–Trinajstić information content (AvgIpc) is 2.40. The third kappa shape index (κ3) is 5.94. The van der Waals surface area contributed by atoms with Crippen molar-refractivity contribution in [3.63, 3.8) is 0 Å². The fraction of sp³-hybridized carbons (Fsp3) is 0.556. The maximum atomic E-state index is 5.33. The summed E-state index contributed by atoms with van der Waals surface area (Å²) in [6.45, 7) is 7.65. The van der Waals surface area contributed by atoms with Crippen LogP contribution in [0.4, 0.5) is 0 Å². The maximum Gasteiger partial charge on any atom is 0.0108 e. The Balaban J connectivity index is 2.59. The summed E-state index contributed by atoms with van der Waals surface area (Å²) >= 11 is 0. The van der Waals surface area contributed by atoms with E-state index in [4.69, 9.17) is 6.42 Å². The number of unbranched alkanes of at least 4 members (excludes halogenated alkanes) is 1. The summed E-state index contributed by atoms with van der Waals surface area (Å²) in [5, 5.41) is 3.64. The third-order valence-corrected chi connectivity index (χ3v) is 3.61. The van der Waals surface area contributed by atoms with Gasteiger partial charge in [0.1, 0.15) is 0 Å². The third-order valence-electron chi connectivity index (χ3n) is 3.61. The van der Waals surface area contributed by atoms with Crippen molar-refractivity contribution in [2.45, 2.75) is 58.9 Å². The van der Waals surface area contributed by atoms with Crippen LogP contribution in [0.15, 0.2) is 18.2 Å². The number of terminal acetylenes is 1. The standard InChI is InChI=1S/C18H27N/c1-5-7-8-9-18(19-12-6-2)14-17-11-10-15(3)16(4)13-17/h1,10-11,13,18-19H,6-9,12,14H2,2-4H3. The van der Waals surface area contributed by atoms with Gasteiger partial charge in [-0.25, -0.2) is 0 Å². The number of aryl methyl sites for hydroxylation is 2. The van der Waals surface area contributed by atoms with E-state index in [1.54, 1.807) is 0 Å². The number of rotatable bonds is 8. The van der Waals surface area contributed by atoms with Gasteiger partial charge in [-0.3, -0.25) is 0 Å². The first-order valence-electron chi connectivity index (χ1n) is 7.40. The monoisotopic (exact) mass is 257 g/mol. The van der Waals surface area contributed by atoms with Crippen molar-refractivity contribution in [1.82, 2.24) is 5.32 Å². The van der Waals surface area contributed by atoms with Gasteiger partial charge in [-0.1, -0.05) is 25.1 Å². The normalized spacial score (nSPS) is 12.1. The van der Waals surface area contributed by atoms with Gasteiger partial charge in [-0.05, 0) is 62.8 Å². The molecule has 0 aliphatic heterocycles. The van der Waals surface area contributed by atoms with Crippen molar-refractivity contribution < 1.29 is 0 Å². The van der Waals surface area contributed by atoms with Gasteiger partial charge in [0.25, 0.3) is 0 Å². The molecule has 0 radical (unpaired) electrons. The van der Waals surface area contributed by atoms with E-state index in [2.05, 4.69) is 50.2 Å². The fourth-order valence-corrected chi connectivity index (χ4v) is 2.29.